The Morgan fingerprint density at radius 2 is 2.00 bits per heavy atom. The fourth-order valence-electron chi connectivity index (χ4n) is 1.15. The summed E-state index contributed by atoms with van der Waals surface area (Å²) >= 11 is 5.42. The number of Topliss-reactive ketones (excluding diaryl/α,β-unsaturated/α-hetero) is 2. The quantitative estimate of drug-likeness (QED) is 0.613. The number of alkyl halides is 1. The van der Waals surface area contributed by atoms with Gasteiger partial charge < -0.3 is 14.9 Å². The van der Waals surface area contributed by atoms with Crippen LogP contribution in [0.25, 0.3) is 0 Å². The molecular weight excluding hydrogens is 212 g/mol. The number of allylic oxidation sites excluding steroid dienone is 1. The lowest BCUT2D eigenvalue weighted by atomic mass is 9.88. The molecule has 0 aromatic heterocycles. The van der Waals surface area contributed by atoms with Crippen LogP contribution in [0.3, 0.4) is 0 Å². The number of hydrogen-bond acceptors (Lipinski definition) is 5. The molecule has 0 aromatic carbocycles. The summed E-state index contributed by atoms with van der Waals surface area (Å²) in [5.41, 5.74) is 0. The Kier molecular flexibility index (Phi) is 2.56. The second-order valence-electron chi connectivity index (χ2n) is 2.97. The fraction of sp³-hybridized carbons (Fsp3) is 0.500. The molecule has 0 saturated heterocycles. The Hall–Kier alpha value is -1.07. The predicted molar refractivity (Wildman–Crippen MR) is 46.6 cm³/mol. The standard InChI is InChI=1S/C8H9ClO5/c1-3-4(10)6(14-2)5(11)7(12)8(3,9)13/h3,11,13H,1-2H3/t3-,8-/m1/s1. The molecule has 0 unspecified atom stereocenters. The van der Waals surface area contributed by atoms with Crippen molar-refractivity contribution in [3.8, 4) is 0 Å². The topological polar surface area (TPSA) is 83.8 Å². The highest BCUT2D eigenvalue weighted by atomic mass is 35.5. The van der Waals surface area contributed by atoms with E-state index >= 15 is 0 Å². The van der Waals surface area contributed by atoms with Gasteiger partial charge in [-0.05, 0) is 0 Å². The van der Waals surface area contributed by atoms with Crippen molar-refractivity contribution in [2.24, 2.45) is 5.92 Å². The molecule has 2 N–H and O–H groups in total. The Morgan fingerprint density at radius 1 is 1.50 bits per heavy atom. The van der Waals surface area contributed by atoms with Crippen LogP contribution in [0.1, 0.15) is 6.92 Å². The van der Waals surface area contributed by atoms with Gasteiger partial charge in [0.2, 0.25) is 28.1 Å². The van der Waals surface area contributed by atoms with Crippen LogP contribution in [-0.2, 0) is 14.3 Å². The van der Waals surface area contributed by atoms with Gasteiger partial charge in [-0.25, -0.2) is 0 Å². The second kappa shape index (κ2) is 3.25. The van der Waals surface area contributed by atoms with Crippen LogP contribution < -0.4 is 0 Å². The normalized spacial score (nSPS) is 33.6. The van der Waals surface area contributed by atoms with Crippen LogP contribution in [0.5, 0.6) is 0 Å². The van der Waals surface area contributed by atoms with E-state index in [0.717, 1.165) is 7.11 Å². The summed E-state index contributed by atoms with van der Waals surface area (Å²) in [5, 5.41) is 16.2. The summed E-state index contributed by atoms with van der Waals surface area (Å²) < 4.78 is 4.54. The number of methoxy groups -OCH3 is 1. The smallest absolute Gasteiger partial charge is 0.248 e. The molecule has 0 bridgehead atoms. The van der Waals surface area contributed by atoms with Gasteiger partial charge in [0.05, 0.1) is 13.0 Å². The molecule has 5 nitrogen and oxygen atoms in total. The minimum Gasteiger partial charge on any atom is -0.502 e. The van der Waals surface area contributed by atoms with Crippen LogP contribution in [0, 0.1) is 5.92 Å². The monoisotopic (exact) mass is 220 g/mol. The fourth-order valence-corrected chi connectivity index (χ4v) is 1.34. The molecule has 2 atom stereocenters. The number of aliphatic hydroxyl groups excluding tert-OH is 1. The van der Waals surface area contributed by atoms with Gasteiger partial charge in [0.15, 0.2) is 0 Å². The summed E-state index contributed by atoms with van der Waals surface area (Å²) in [5.74, 6) is -4.38. The zero-order valence-electron chi connectivity index (χ0n) is 7.57. The van der Waals surface area contributed by atoms with Crippen LogP contribution in [0.2, 0.25) is 0 Å². The molecule has 0 radical (unpaired) electrons. The number of aliphatic hydroxyl groups is 2. The predicted octanol–water partition coefficient (Wildman–Crippen LogP) is 0.118. The van der Waals surface area contributed by atoms with E-state index in [-0.39, 0.29) is 0 Å². The minimum absolute atomic E-state index is 0.465. The highest BCUT2D eigenvalue weighted by Crippen LogP contribution is 2.34. The number of carbonyl (C=O) groups is 2. The summed E-state index contributed by atoms with van der Waals surface area (Å²) in [6, 6.07) is 0. The minimum atomic E-state index is -2.39. The third kappa shape index (κ3) is 1.29. The maximum absolute atomic E-state index is 11.4. The molecule has 1 rings (SSSR count). The summed E-state index contributed by atoms with van der Waals surface area (Å²) in [6.45, 7) is 1.28. The van der Waals surface area contributed by atoms with E-state index in [1.54, 1.807) is 0 Å². The zero-order chi connectivity index (χ0) is 11.1. The Balaban J connectivity index is 3.31. The average molecular weight is 221 g/mol. The highest BCUT2D eigenvalue weighted by molar-refractivity contribution is 6.39. The molecule has 6 heteroatoms. The van der Waals surface area contributed by atoms with Gasteiger partial charge in [-0.1, -0.05) is 18.5 Å². The summed E-state index contributed by atoms with van der Waals surface area (Å²) in [6.07, 6.45) is 0. The Bertz CT molecular complexity index is 331. The SMILES string of the molecule is COC1=C(O)C(=O)[C@@](O)(Cl)[C@H](C)C1=O. The summed E-state index contributed by atoms with van der Waals surface area (Å²) in [7, 11) is 1.14. The van der Waals surface area contributed by atoms with Gasteiger partial charge in [0.1, 0.15) is 0 Å². The van der Waals surface area contributed by atoms with Gasteiger partial charge >= 0.3 is 0 Å². The second-order valence-corrected chi connectivity index (χ2v) is 3.55. The molecule has 0 saturated carbocycles. The van der Waals surface area contributed by atoms with Crippen molar-refractivity contribution in [3.05, 3.63) is 11.5 Å². The number of halogens is 1. The van der Waals surface area contributed by atoms with E-state index in [0.29, 0.717) is 0 Å². The molecule has 0 heterocycles. The van der Waals surface area contributed by atoms with E-state index in [9.17, 15) is 19.8 Å². The molecule has 78 valence electrons. The van der Waals surface area contributed by atoms with Crippen molar-refractivity contribution in [1.29, 1.82) is 0 Å². The van der Waals surface area contributed by atoms with Gasteiger partial charge in [0.25, 0.3) is 0 Å². The van der Waals surface area contributed by atoms with E-state index in [1.165, 1.54) is 6.92 Å². The first-order chi connectivity index (χ1) is 6.34. The maximum Gasteiger partial charge on any atom is 0.248 e. The third-order valence-electron chi connectivity index (χ3n) is 2.14. The van der Waals surface area contributed by atoms with Crippen molar-refractivity contribution in [2.45, 2.75) is 12.0 Å². The van der Waals surface area contributed by atoms with Crippen LogP contribution in [0.15, 0.2) is 11.5 Å². The number of hydrogen-bond donors (Lipinski definition) is 2. The molecule has 0 aromatic rings. The number of carbonyl (C=O) groups excluding carboxylic acids is 2. The number of rotatable bonds is 1. The van der Waals surface area contributed by atoms with Gasteiger partial charge in [-0.15, -0.1) is 0 Å². The lowest BCUT2D eigenvalue weighted by Crippen LogP contribution is -2.48. The van der Waals surface area contributed by atoms with Gasteiger partial charge in [0, 0.05) is 0 Å². The van der Waals surface area contributed by atoms with Crippen molar-refractivity contribution in [2.75, 3.05) is 7.11 Å². The van der Waals surface area contributed by atoms with Crippen LogP contribution in [0.4, 0.5) is 0 Å². The van der Waals surface area contributed by atoms with E-state index in [1.807, 2.05) is 0 Å². The number of ether oxygens (including phenoxy) is 1. The van der Waals surface area contributed by atoms with E-state index < -0.39 is 34.1 Å². The maximum atomic E-state index is 11.4. The highest BCUT2D eigenvalue weighted by Gasteiger charge is 2.52. The van der Waals surface area contributed by atoms with Gasteiger partial charge in [-0.3, -0.25) is 9.59 Å². The van der Waals surface area contributed by atoms with Crippen LogP contribution >= 0.6 is 11.6 Å². The first-order valence-corrected chi connectivity index (χ1v) is 4.19. The molecule has 1 aliphatic rings. The largest absolute Gasteiger partial charge is 0.502 e. The first kappa shape index (κ1) is 11.0. The lowest BCUT2D eigenvalue weighted by molar-refractivity contribution is -0.143. The molecule has 0 amide bonds. The molecule has 0 spiro atoms. The molecule has 1 aliphatic carbocycles. The molecule has 14 heavy (non-hydrogen) atoms. The molecular formula is C8H9ClO5. The van der Waals surface area contributed by atoms with E-state index in [4.69, 9.17) is 11.6 Å². The molecule has 0 aliphatic heterocycles. The zero-order valence-corrected chi connectivity index (χ0v) is 8.33. The molecule has 0 fully saturated rings. The first-order valence-electron chi connectivity index (χ1n) is 3.81. The van der Waals surface area contributed by atoms with Crippen molar-refractivity contribution >= 4 is 23.2 Å². The van der Waals surface area contributed by atoms with Gasteiger partial charge in [-0.2, -0.15) is 0 Å². The van der Waals surface area contributed by atoms with Crippen molar-refractivity contribution in [1.82, 2.24) is 0 Å². The third-order valence-corrected chi connectivity index (χ3v) is 2.64. The Morgan fingerprint density at radius 3 is 2.43 bits per heavy atom. The van der Waals surface area contributed by atoms with Crippen molar-refractivity contribution in [3.63, 3.8) is 0 Å². The average Bonchev–Trinajstić information content (AvgIpc) is 2.14. The summed E-state index contributed by atoms with van der Waals surface area (Å²) in [4.78, 5) is 22.6. The van der Waals surface area contributed by atoms with Crippen molar-refractivity contribution < 1.29 is 24.5 Å². The Labute approximate surface area is 84.9 Å². The van der Waals surface area contributed by atoms with E-state index in [2.05, 4.69) is 4.74 Å². The lowest BCUT2D eigenvalue weighted by Gasteiger charge is -2.29. The van der Waals surface area contributed by atoms with Crippen LogP contribution in [-0.4, -0.2) is 33.9 Å². The number of ketones is 2.